The number of aromatic amines is 7. The number of nitrogens with zero attached hydrogens (tertiary/aromatic N) is 7. The van der Waals surface area contributed by atoms with Crippen LogP contribution in [0.2, 0.25) is 0 Å². The van der Waals surface area contributed by atoms with Gasteiger partial charge in [0.05, 0.1) is 41.7 Å². The molecule has 0 amide bonds. The highest BCUT2D eigenvalue weighted by molar-refractivity contribution is 7.71. The van der Waals surface area contributed by atoms with Crippen molar-refractivity contribution in [1.82, 2.24) is 69.8 Å². The highest BCUT2D eigenvalue weighted by atomic mass is 32.1. The minimum Gasteiger partial charge on any atom is -0.493 e. The Morgan fingerprint density at radius 3 is 0.847 bits per heavy atom. The van der Waals surface area contributed by atoms with Crippen LogP contribution in [0.25, 0.3) is 157 Å². The van der Waals surface area contributed by atoms with Crippen LogP contribution in [-0.4, -0.2) is 111 Å². The summed E-state index contributed by atoms with van der Waals surface area (Å²) in [4.78, 5) is 190. The van der Waals surface area contributed by atoms with Gasteiger partial charge in [-0.15, -0.1) is 0 Å². The average molecular weight is 1790 g/mol. The van der Waals surface area contributed by atoms with E-state index < -0.39 is 67.5 Å². The van der Waals surface area contributed by atoms with Crippen LogP contribution >= 0.6 is 12.2 Å². The molecule has 0 aliphatic carbocycles. The highest BCUT2D eigenvalue weighted by Gasteiger charge is 2.24. The number of aryl methyl sites for hydroxylation is 5. The van der Waals surface area contributed by atoms with Crippen molar-refractivity contribution >= 4 is 89.0 Å². The molecule has 7 aromatic rings. The fraction of sp³-hybridized carbons (Fsp3) is 0.144. The third-order valence-corrected chi connectivity index (χ3v) is 19.6. The molecule has 131 heavy (non-hydrogen) atoms. The first-order valence-corrected chi connectivity index (χ1v) is 39.5. The van der Waals surface area contributed by atoms with E-state index in [2.05, 4.69) is 69.8 Å². The van der Waals surface area contributed by atoms with Gasteiger partial charge in [0.25, 0.3) is 38.9 Å². The molecule has 0 radical (unpaired) electrons. The predicted molar refractivity (Wildman–Crippen MR) is 479 cm³/mol. The summed E-state index contributed by atoms with van der Waals surface area (Å²) < 4.78 is 70.7. The molecule has 14 heterocycles. The van der Waals surface area contributed by atoms with Crippen molar-refractivity contribution < 1.29 is 59.3 Å². The fourth-order valence-corrected chi connectivity index (χ4v) is 13.9. The SMILES string of the molecule is CCOc1cc(C)cc2cc3c(=O)[nH]c(=O)nc-3oc12.CCOc1cccc2cc3c(=O)[nH]c(=O)nc-3oc12.COc1cc(C)cc2cc3c(=O)[nH]c(=O)nc-3oc12.COc1cc(C)cc2cc3c(=O)[nH]c(=O)nc-3oc12.COc1cc(C)cc2cc3c(=O)[nH]c(=S)nc-3oc12.COc1cccc2cc3c(=O)[nH]c(=O)nc-3oc12.Cc1ccc2cc3c(=O)[nH]c(=O)nc-3oc2c1. The molecule has 0 unspecified atom stereocenters. The fourth-order valence-electron chi connectivity index (χ4n) is 13.7. The Morgan fingerprint density at radius 1 is 0.260 bits per heavy atom. The summed E-state index contributed by atoms with van der Waals surface area (Å²) in [5.74, 6) is 3.61. The lowest BCUT2D eigenvalue weighted by Gasteiger charge is -2.10. The molecule has 14 aliphatic rings. The van der Waals surface area contributed by atoms with E-state index >= 15 is 0 Å². The molecule has 0 fully saturated rings. The van der Waals surface area contributed by atoms with Crippen LogP contribution in [0.5, 0.6) is 34.5 Å². The zero-order valence-corrected chi connectivity index (χ0v) is 71.2. The third-order valence-electron chi connectivity index (χ3n) is 19.4. The summed E-state index contributed by atoms with van der Waals surface area (Å²) in [5, 5.41) is 5.16. The number of H-pyrrole nitrogens is 7. The summed E-state index contributed by atoms with van der Waals surface area (Å²) in [7, 11) is 6.13. The molecule has 40 nitrogen and oxygen atoms in total. The lowest BCUT2D eigenvalue weighted by Crippen LogP contribution is -2.24. The predicted octanol–water partition coefficient (Wildman–Crippen LogP) is 10.6. The number of ether oxygens (including phenoxy) is 6. The van der Waals surface area contributed by atoms with E-state index in [0.29, 0.717) is 103 Å². The lowest BCUT2D eigenvalue weighted by molar-refractivity contribution is 0.338. The Kier molecular flexibility index (Phi) is 24.7. The maximum absolute atomic E-state index is 11.8. The molecule has 7 N–H and O–H groups in total. The molecular weight excluding hydrogens is 1730 g/mol. The minimum atomic E-state index is -0.731. The van der Waals surface area contributed by atoms with Crippen LogP contribution < -0.4 is 101 Å². The van der Waals surface area contributed by atoms with E-state index in [9.17, 15) is 62.3 Å². The molecule has 21 rings (SSSR count). The molecule has 14 aliphatic heterocycles. The first-order valence-electron chi connectivity index (χ1n) is 39.1. The molecule has 41 heteroatoms. The molecule has 0 saturated carbocycles. The van der Waals surface area contributed by atoms with Gasteiger partial charge in [0.2, 0.25) is 46.0 Å². The standard InChI is InChI=1S/C14H12N2O4.3C13H10N2O4.C13H10N2O3S.C12H8N2O4.C12H8N2O3/c1-3-19-10-5-7(2)4-8-6-9-12(17)15-14(18)16-13(9)20-11(8)10;2*1-6-3-7-5-8-11(16)14-13(17)15-12(8)19-10(7)9(4-6)18-2;1-2-18-9-5-3-4-7-6-8-11(16)14-13(17)15-12(8)19-10(7)9;1-6-3-7-5-8-11(16)14-13(19)15-12(8)18-10(7)9(4-6)17-2;1-17-8-4-2-3-6-5-7-10(15)13-12(16)14-11(7)18-9(6)8;1-6-2-3-7-5-8-10(15)13-12(16)14-11(8)17-9(7)4-6/h4-6H,3H2,1-2H3,(H,15,17,18);2*3-5H,1-2H3,(H,14,16,17);3-6H,2H2,1H3,(H,14,16,17);3-5H,1-2H3,(H,14,16,19);2-5H,1H3,(H,13,15,16);2-5H,1H3,(H,13,15,16). The quantitative estimate of drug-likeness (QED) is 0.0549. The second kappa shape index (κ2) is 36.8. The Labute approximate surface area is 732 Å². The van der Waals surface area contributed by atoms with Gasteiger partial charge < -0.3 is 59.3 Å². The second-order valence-corrected chi connectivity index (χ2v) is 29.0. The van der Waals surface area contributed by atoms with Crippen LogP contribution in [-0.2, 0) is 0 Å². The number of methoxy groups -OCH3 is 4. The number of nitrogens with one attached hydrogen (secondary N) is 7. The molecular formula is C90H68N14O26S. The summed E-state index contributed by atoms with van der Waals surface area (Å²) in [5.41, 5.74) is 2.59. The summed E-state index contributed by atoms with van der Waals surface area (Å²) in [6.07, 6.45) is 0. The summed E-state index contributed by atoms with van der Waals surface area (Å²) in [6, 6.07) is 42.7. The van der Waals surface area contributed by atoms with Crippen molar-refractivity contribution in [2.75, 3.05) is 41.7 Å². The minimum absolute atomic E-state index is 0.000694. The monoisotopic (exact) mass is 1790 g/mol. The Bertz CT molecular complexity index is 8410. The van der Waals surface area contributed by atoms with Crippen LogP contribution in [0.3, 0.4) is 0 Å². The largest absolute Gasteiger partial charge is 0.493 e. The van der Waals surface area contributed by atoms with E-state index in [0.717, 1.165) is 54.7 Å². The number of fused-ring (bicyclic) bond motifs is 14. The molecule has 7 aromatic carbocycles. The topological polar surface area (TPSA) is 570 Å². The Balaban J connectivity index is 0.000000117. The van der Waals surface area contributed by atoms with E-state index in [1.807, 2.05) is 115 Å². The maximum atomic E-state index is 11.8. The number of hydrogen-bond acceptors (Lipinski definition) is 34. The van der Waals surface area contributed by atoms with Gasteiger partial charge in [0.1, 0.15) is 44.5 Å². The van der Waals surface area contributed by atoms with Gasteiger partial charge in [-0.3, -0.25) is 68.4 Å². The number of hydrogen-bond donors (Lipinski definition) is 7. The first kappa shape index (κ1) is 88.1. The third kappa shape index (κ3) is 18.8. The van der Waals surface area contributed by atoms with Crippen molar-refractivity contribution in [3.8, 4) is 115 Å². The van der Waals surface area contributed by atoms with Crippen LogP contribution in [0.4, 0.5) is 0 Å². The first-order chi connectivity index (χ1) is 62.8. The number of para-hydroxylation sites is 2. The van der Waals surface area contributed by atoms with Gasteiger partial charge in [-0.1, -0.05) is 36.4 Å². The lowest BCUT2D eigenvalue weighted by atomic mass is 10.1. The van der Waals surface area contributed by atoms with Gasteiger partial charge in [-0.05, 0) is 198 Å². The van der Waals surface area contributed by atoms with Gasteiger partial charge in [0, 0.05) is 37.7 Å². The van der Waals surface area contributed by atoms with Crippen molar-refractivity contribution in [2.45, 2.75) is 48.5 Å². The zero-order chi connectivity index (χ0) is 93.1. The number of aromatic nitrogens is 14. The van der Waals surface area contributed by atoms with E-state index in [1.165, 1.54) is 21.3 Å². The Morgan fingerprint density at radius 2 is 0.519 bits per heavy atom. The number of benzene rings is 7. The summed E-state index contributed by atoms with van der Waals surface area (Å²) in [6.45, 7) is 14.3. The van der Waals surface area contributed by atoms with Gasteiger partial charge in [-0.25, -0.2) is 28.8 Å². The van der Waals surface area contributed by atoms with Crippen molar-refractivity contribution in [3.63, 3.8) is 0 Å². The highest BCUT2D eigenvalue weighted by Crippen LogP contribution is 2.38. The van der Waals surface area contributed by atoms with Crippen molar-refractivity contribution in [2.24, 2.45) is 0 Å². The molecule has 0 atom stereocenters. The second-order valence-electron chi connectivity index (χ2n) is 28.7. The van der Waals surface area contributed by atoms with Crippen LogP contribution in [0.15, 0.2) is 239 Å². The van der Waals surface area contributed by atoms with E-state index in [4.69, 9.17) is 71.6 Å². The van der Waals surface area contributed by atoms with Gasteiger partial charge in [0.15, 0.2) is 68.0 Å². The summed E-state index contributed by atoms with van der Waals surface area (Å²) >= 11 is 4.87. The molecule has 0 aromatic heterocycles. The molecule has 0 bridgehead atoms. The van der Waals surface area contributed by atoms with Crippen molar-refractivity contribution in [1.29, 1.82) is 0 Å². The zero-order valence-electron chi connectivity index (χ0n) is 70.4. The van der Waals surface area contributed by atoms with Crippen molar-refractivity contribution in [3.05, 3.63) is 314 Å². The molecule has 660 valence electrons. The normalized spacial score (nSPS) is 11.0. The van der Waals surface area contributed by atoms with E-state index in [1.54, 1.807) is 86.0 Å². The smallest absolute Gasteiger partial charge is 0.351 e. The average Bonchev–Trinajstić information content (AvgIpc) is 0.806. The van der Waals surface area contributed by atoms with Gasteiger partial charge in [-0.2, -0.15) is 34.9 Å². The van der Waals surface area contributed by atoms with Gasteiger partial charge >= 0.3 is 34.1 Å². The molecule has 0 saturated heterocycles. The maximum Gasteiger partial charge on any atom is 0.351 e. The van der Waals surface area contributed by atoms with E-state index in [-0.39, 0.29) is 84.9 Å². The molecule has 0 spiro atoms. The van der Waals surface area contributed by atoms with Crippen LogP contribution in [0, 0.1) is 39.4 Å². The van der Waals surface area contributed by atoms with Crippen LogP contribution in [0.1, 0.15) is 41.7 Å². The Hall–Kier alpha value is -17.8. The number of rotatable bonds is 8.